The third kappa shape index (κ3) is 11.6. The molecule has 2 N–H and O–H groups in total. The zero-order valence-electron chi connectivity index (χ0n) is 9.62. The van der Waals surface area contributed by atoms with Crippen LogP contribution in [0, 0.1) is 0 Å². The summed E-state index contributed by atoms with van der Waals surface area (Å²) in [5, 5.41) is 6.06. The lowest BCUT2D eigenvalue weighted by Crippen LogP contribution is -2.33. The molecule has 0 aliphatic heterocycles. The second-order valence-electron chi connectivity index (χ2n) is 4.14. The molecule has 0 aromatic rings. The molecule has 5 heteroatoms. The SMILES string of the molecule is CC(C)NCCCNC(C)CC(F)(F)F. The topological polar surface area (TPSA) is 24.1 Å². The molecule has 0 aliphatic carbocycles. The van der Waals surface area contributed by atoms with Crippen LogP contribution < -0.4 is 10.6 Å². The van der Waals surface area contributed by atoms with E-state index in [9.17, 15) is 13.2 Å². The van der Waals surface area contributed by atoms with Crippen molar-refractivity contribution in [3.05, 3.63) is 0 Å². The van der Waals surface area contributed by atoms with Crippen LogP contribution in [-0.2, 0) is 0 Å². The summed E-state index contributed by atoms with van der Waals surface area (Å²) in [6, 6.07) is -0.0679. The van der Waals surface area contributed by atoms with Gasteiger partial charge in [-0.1, -0.05) is 13.8 Å². The molecule has 0 amide bonds. The summed E-state index contributed by atoms with van der Waals surface area (Å²) in [7, 11) is 0. The molecule has 1 unspecified atom stereocenters. The first-order valence-electron chi connectivity index (χ1n) is 5.35. The number of hydrogen-bond donors (Lipinski definition) is 2. The first kappa shape index (κ1) is 14.7. The normalized spacial score (nSPS) is 14.6. The van der Waals surface area contributed by atoms with E-state index in [0.717, 1.165) is 13.0 Å². The van der Waals surface area contributed by atoms with Crippen LogP contribution in [0.3, 0.4) is 0 Å². The number of hydrogen-bond acceptors (Lipinski definition) is 2. The summed E-state index contributed by atoms with van der Waals surface area (Å²) in [6.45, 7) is 7.10. The molecule has 0 fully saturated rings. The fraction of sp³-hybridized carbons (Fsp3) is 1.00. The van der Waals surface area contributed by atoms with Gasteiger partial charge in [0, 0.05) is 12.1 Å². The number of nitrogens with one attached hydrogen (secondary N) is 2. The maximum absolute atomic E-state index is 11.9. The Bertz CT molecular complexity index is 157. The van der Waals surface area contributed by atoms with Crippen LogP contribution in [0.25, 0.3) is 0 Å². The second kappa shape index (κ2) is 7.06. The first-order chi connectivity index (χ1) is 6.81. The van der Waals surface area contributed by atoms with E-state index in [1.165, 1.54) is 0 Å². The van der Waals surface area contributed by atoms with E-state index < -0.39 is 18.6 Å². The molecule has 0 rings (SSSR count). The van der Waals surface area contributed by atoms with Crippen LogP contribution >= 0.6 is 0 Å². The van der Waals surface area contributed by atoms with E-state index in [4.69, 9.17) is 0 Å². The Morgan fingerprint density at radius 3 is 2.00 bits per heavy atom. The summed E-state index contributed by atoms with van der Waals surface area (Å²) >= 11 is 0. The number of alkyl halides is 3. The van der Waals surface area contributed by atoms with Gasteiger partial charge in [-0.25, -0.2) is 0 Å². The molecule has 0 aromatic heterocycles. The van der Waals surface area contributed by atoms with Gasteiger partial charge in [-0.15, -0.1) is 0 Å². The van der Waals surface area contributed by atoms with Gasteiger partial charge in [0.2, 0.25) is 0 Å². The minimum atomic E-state index is -4.07. The van der Waals surface area contributed by atoms with E-state index in [2.05, 4.69) is 10.6 Å². The third-order valence-electron chi connectivity index (χ3n) is 1.94. The Morgan fingerprint density at radius 1 is 1.00 bits per heavy atom. The molecule has 92 valence electrons. The Balaban J connectivity index is 3.36. The van der Waals surface area contributed by atoms with Gasteiger partial charge < -0.3 is 10.6 Å². The Labute approximate surface area is 89.6 Å². The van der Waals surface area contributed by atoms with Crippen molar-refractivity contribution in [3.8, 4) is 0 Å². The minimum absolute atomic E-state index is 0.428. The van der Waals surface area contributed by atoms with E-state index in [1.54, 1.807) is 6.92 Å². The maximum Gasteiger partial charge on any atom is 0.390 e. The lowest BCUT2D eigenvalue weighted by atomic mass is 10.2. The van der Waals surface area contributed by atoms with Gasteiger partial charge in [-0.2, -0.15) is 13.2 Å². The highest BCUT2D eigenvalue weighted by molar-refractivity contribution is 4.66. The van der Waals surface area contributed by atoms with Crippen molar-refractivity contribution in [3.63, 3.8) is 0 Å². The Morgan fingerprint density at radius 2 is 1.53 bits per heavy atom. The maximum atomic E-state index is 11.9. The van der Waals surface area contributed by atoms with Gasteiger partial charge in [0.15, 0.2) is 0 Å². The van der Waals surface area contributed by atoms with Crippen molar-refractivity contribution in [2.24, 2.45) is 0 Å². The van der Waals surface area contributed by atoms with E-state index in [0.29, 0.717) is 12.6 Å². The molecule has 0 spiro atoms. The fourth-order valence-corrected chi connectivity index (χ4v) is 1.25. The van der Waals surface area contributed by atoms with Crippen molar-refractivity contribution in [2.45, 2.75) is 51.9 Å². The highest BCUT2D eigenvalue weighted by Crippen LogP contribution is 2.21. The van der Waals surface area contributed by atoms with E-state index in [-0.39, 0.29) is 0 Å². The van der Waals surface area contributed by atoms with Gasteiger partial charge in [0.25, 0.3) is 0 Å². The van der Waals surface area contributed by atoms with Gasteiger partial charge in [-0.3, -0.25) is 0 Å². The standard InChI is InChI=1S/C10H21F3N2/c1-8(2)14-5-4-6-15-9(3)7-10(11,12)13/h8-9,14-15H,4-7H2,1-3H3. The van der Waals surface area contributed by atoms with E-state index >= 15 is 0 Å². The lowest BCUT2D eigenvalue weighted by molar-refractivity contribution is -0.138. The summed E-state index contributed by atoms with van der Waals surface area (Å²) in [5.41, 5.74) is 0. The first-order valence-corrected chi connectivity index (χ1v) is 5.35. The van der Waals surface area contributed by atoms with Crippen LogP contribution in [0.15, 0.2) is 0 Å². The molecule has 0 saturated heterocycles. The summed E-state index contributed by atoms with van der Waals surface area (Å²) in [6.07, 6.45) is -3.98. The van der Waals surface area contributed by atoms with Crippen LogP contribution in [-0.4, -0.2) is 31.3 Å². The molecule has 15 heavy (non-hydrogen) atoms. The number of halogens is 3. The van der Waals surface area contributed by atoms with Crippen LogP contribution in [0.5, 0.6) is 0 Å². The van der Waals surface area contributed by atoms with Crippen LogP contribution in [0.4, 0.5) is 13.2 Å². The quantitative estimate of drug-likeness (QED) is 0.651. The second-order valence-corrected chi connectivity index (χ2v) is 4.14. The summed E-state index contributed by atoms with van der Waals surface area (Å²) < 4.78 is 35.8. The molecule has 1 atom stereocenters. The molecule has 0 radical (unpaired) electrons. The van der Waals surface area contributed by atoms with Crippen molar-refractivity contribution in [1.29, 1.82) is 0 Å². The molecule has 2 nitrogen and oxygen atoms in total. The zero-order chi connectivity index (χ0) is 11.9. The minimum Gasteiger partial charge on any atom is -0.314 e. The summed E-state index contributed by atoms with van der Waals surface area (Å²) in [4.78, 5) is 0. The number of rotatable bonds is 7. The molecular weight excluding hydrogens is 205 g/mol. The average Bonchev–Trinajstić information content (AvgIpc) is 1.99. The zero-order valence-corrected chi connectivity index (χ0v) is 9.62. The van der Waals surface area contributed by atoms with Gasteiger partial charge in [-0.05, 0) is 26.4 Å². The van der Waals surface area contributed by atoms with Gasteiger partial charge in [0.05, 0.1) is 6.42 Å². The smallest absolute Gasteiger partial charge is 0.314 e. The van der Waals surface area contributed by atoms with Gasteiger partial charge >= 0.3 is 6.18 Å². The molecule has 0 heterocycles. The lowest BCUT2D eigenvalue weighted by Gasteiger charge is -2.16. The predicted molar refractivity (Wildman–Crippen MR) is 55.9 cm³/mol. The summed E-state index contributed by atoms with van der Waals surface area (Å²) in [5.74, 6) is 0. The average molecular weight is 226 g/mol. The van der Waals surface area contributed by atoms with Crippen molar-refractivity contribution >= 4 is 0 Å². The highest BCUT2D eigenvalue weighted by Gasteiger charge is 2.29. The highest BCUT2D eigenvalue weighted by atomic mass is 19.4. The van der Waals surface area contributed by atoms with Crippen LogP contribution in [0.2, 0.25) is 0 Å². The molecule has 0 aliphatic rings. The molecular formula is C10H21F3N2. The third-order valence-corrected chi connectivity index (χ3v) is 1.94. The molecule has 0 aromatic carbocycles. The molecule has 0 bridgehead atoms. The fourth-order valence-electron chi connectivity index (χ4n) is 1.25. The predicted octanol–water partition coefficient (Wildman–Crippen LogP) is 2.30. The van der Waals surface area contributed by atoms with Crippen molar-refractivity contribution in [2.75, 3.05) is 13.1 Å². The van der Waals surface area contributed by atoms with Gasteiger partial charge in [0.1, 0.15) is 0 Å². The Kier molecular flexibility index (Phi) is 6.92. The monoisotopic (exact) mass is 226 g/mol. The Hall–Kier alpha value is -0.290. The van der Waals surface area contributed by atoms with Crippen molar-refractivity contribution in [1.82, 2.24) is 10.6 Å². The van der Waals surface area contributed by atoms with E-state index in [1.807, 2.05) is 13.8 Å². The molecule has 0 saturated carbocycles. The van der Waals surface area contributed by atoms with Crippen LogP contribution in [0.1, 0.15) is 33.6 Å². The van der Waals surface area contributed by atoms with Crippen molar-refractivity contribution < 1.29 is 13.2 Å². The largest absolute Gasteiger partial charge is 0.390 e.